The van der Waals surface area contributed by atoms with E-state index in [1.807, 2.05) is 0 Å². The van der Waals surface area contributed by atoms with Crippen LogP contribution >= 0.6 is 11.6 Å². The van der Waals surface area contributed by atoms with Crippen molar-refractivity contribution in [3.63, 3.8) is 0 Å². The first-order valence-corrected chi connectivity index (χ1v) is 13.0. The smallest absolute Gasteiger partial charge is 0.468 e. The third-order valence-corrected chi connectivity index (χ3v) is 10.1. The van der Waals surface area contributed by atoms with Crippen LogP contribution in [0.15, 0.2) is 47.4 Å². The molecule has 192 valence electrons. The molecule has 0 aromatic heterocycles. The number of carbonyl (C=O) groups excluding carboxylic acids is 1. The van der Waals surface area contributed by atoms with Crippen LogP contribution in [0.1, 0.15) is 18.4 Å². The lowest BCUT2D eigenvalue weighted by molar-refractivity contribution is -0.141. The fourth-order valence-electron chi connectivity index (χ4n) is 3.91. The van der Waals surface area contributed by atoms with Gasteiger partial charge in [0, 0.05) is 16.6 Å². The molecule has 0 atom stereocenters. The second-order valence-electron chi connectivity index (χ2n) is 7.71. The van der Waals surface area contributed by atoms with Crippen molar-refractivity contribution < 1.29 is 48.3 Å². The van der Waals surface area contributed by atoms with Crippen LogP contribution in [0.25, 0.3) is 0 Å². The zero-order valence-electron chi connectivity index (χ0n) is 17.7. The highest BCUT2D eigenvalue weighted by atomic mass is 35.5. The Hall–Kier alpha value is -2.29. The standard InChI is InChI=1S/C20H17ClF5NO6S2/c1-33-18(28)11-27(35(31,32)20(24,25)26)14-9-19(10-14,16-8-13(22)4-7-17(16)23)34(29,30)15-5-2-12(21)3-6-15/h2-8,14H,9-11H2,1H3. The Balaban J connectivity index is 2.16. The number of methoxy groups -OCH3 is 1. The van der Waals surface area contributed by atoms with Gasteiger partial charge < -0.3 is 4.74 Å². The second kappa shape index (κ2) is 9.30. The van der Waals surface area contributed by atoms with Crippen LogP contribution in [-0.4, -0.2) is 52.3 Å². The maximum atomic E-state index is 14.8. The Morgan fingerprint density at radius 1 is 1.09 bits per heavy atom. The third kappa shape index (κ3) is 4.76. The molecule has 2 aromatic rings. The first-order chi connectivity index (χ1) is 16.1. The fraction of sp³-hybridized carbons (Fsp3) is 0.350. The van der Waals surface area contributed by atoms with Gasteiger partial charge in [-0.1, -0.05) is 11.6 Å². The van der Waals surface area contributed by atoms with E-state index in [0.29, 0.717) is 12.1 Å². The summed E-state index contributed by atoms with van der Waals surface area (Å²) in [6.45, 7) is -1.37. The van der Waals surface area contributed by atoms with Gasteiger partial charge in [0.25, 0.3) is 0 Å². The summed E-state index contributed by atoms with van der Waals surface area (Å²) in [6.07, 6.45) is -1.80. The van der Waals surface area contributed by atoms with Crippen LogP contribution in [0.5, 0.6) is 0 Å². The molecule has 1 saturated carbocycles. The highest BCUT2D eigenvalue weighted by Gasteiger charge is 2.63. The van der Waals surface area contributed by atoms with E-state index in [9.17, 15) is 43.6 Å². The molecule has 0 spiro atoms. The first kappa shape index (κ1) is 27.3. The molecule has 3 rings (SSSR count). The monoisotopic (exact) mass is 561 g/mol. The average molecular weight is 562 g/mol. The lowest BCUT2D eigenvalue weighted by atomic mass is 9.74. The van der Waals surface area contributed by atoms with Crippen molar-refractivity contribution in [3.8, 4) is 0 Å². The van der Waals surface area contributed by atoms with Crippen molar-refractivity contribution >= 4 is 37.4 Å². The van der Waals surface area contributed by atoms with Crippen molar-refractivity contribution in [2.24, 2.45) is 0 Å². The normalized spacial score (nSPS) is 21.0. The minimum Gasteiger partial charge on any atom is -0.468 e. The van der Waals surface area contributed by atoms with Crippen molar-refractivity contribution in [2.75, 3.05) is 13.7 Å². The minimum absolute atomic E-state index is 0.155. The van der Waals surface area contributed by atoms with Crippen LogP contribution in [0, 0.1) is 11.6 Å². The molecule has 0 aliphatic heterocycles. The molecular formula is C20H17ClF5NO6S2. The molecule has 7 nitrogen and oxygen atoms in total. The lowest BCUT2D eigenvalue weighted by Gasteiger charge is -2.50. The van der Waals surface area contributed by atoms with Crippen LogP contribution in [0.2, 0.25) is 5.02 Å². The maximum Gasteiger partial charge on any atom is 0.511 e. The lowest BCUT2D eigenvalue weighted by Crippen LogP contribution is -2.61. The number of hydrogen-bond acceptors (Lipinski definition) is 6. The predicted molar refractivity (Wildman–Crippen MR) is 113 cm³/mol. The maximum absolute atomic E-state index is 14.8. The summed E-state index contributed by atoms with van der Waals surface area (Å²) in [7, 11) is -9.94. The van der Waals surface area contributed by atoms with E-state index in [1.165, 1.54) is 12.1 Å². The van der Waals surface area contributed by atoms with Gasteiger partial charge in [-0.05, 0) is 55.3 Å². The Morgan fingerprint density at radius 3 is 2.17 bits per heavy atom. The van der Waals surface area contributed by atoms with Crippen LogP contribution in [-0.2, 0) is 34.1 Å². The Kier molecular flexibility index (Phi) is 7.25. The summed E-state index contributed by atoms with van der Waals surface area (Å²) in [5.41, 5.74) is -6.51. The van der Waals surface area contributed by atoms with Gasteiger partial charge in [-0.15, -0.1) is 0 Å². The molecule has 0 saturated heterocycles. The summed E-state index contributed by atoms with van der Waals surface area (Å²) in [5.74, 6) is -3.53. The molecule has 0 amide bonds. The summed E-state index contributed by atoms with van der Waals surface area (Å²) < 4.78 is 122. The molecule has 0 radical (unpaired) electrons. The molecule has 2 aromatic carbocycles. The van der Waals surface area contributed by atoms with Crippen LogP contribution in [0.3, 0.4) is 0 Å². The SMILES string of the molecule is COC(=O)CN(C1CC(c2cc(F)ccc2F)(S(=O)(=O)c2ccc(Cl)cc2)C1)S(=O)(=O)C(F)(F)F. The number of sulfonamides is 1. The highest BCUT2D eigenvalue weighted by molar-refractivity contribution is 7.92. The largest absolute Gasteiger partial charge is 0.511 e. The number of sulfone groups is 1. The number of benzene rings is 2. The van der Waals surface area contributed by atoms with Crippen LogP contribution in [0.4, 0.5) is 22.0 Å². The first-order valence-electron chi connectivity index (χ1n) is 9.67. The molecule has 1 aliphatic carbocycles. The number of hydrogen-bond donors (Lipinski definition) is 0. The van der Waals surface area contributed by atoms with E-state index in [-0.39, 0.29) is 9.33 Å². The van der Waals surface area contributed by atoms with E-state index in [0.717, 1.165) is 25.3 Å². The average Bonchev–Trinajstić information content (AvgIpc) is 2.73. The fourth-order valence-corrected chi connectivity index (χ4v) is 7.33. The number of ether oxygens (including phenoxy) is 1. The summed E-state index contributed by atoms with van der Waals surface area (Å²) in [6, 6.07) is 4.80. The van der Waals surface area contributed by atoms with E-state index < -0.39 is 83.6 Å². The quantitative estimate of drug-likeness (QED) is 0.377. The third-order valence-electron chi connectivity index (χ3n) is 5.71. The van der Waals surface area contributed by atoms with Crippen LogP contribution < -0.4 is 0 Å². The summed E-state index contributed by atoms with van der Waals surface area (Å²) in [4.78, 5) is 11.3. The van der Waals surface area contributed by atoms with Gasteiger partial charge in [0.05, 0.1) is 12.0 Å². The molecule has 35 heavy (non-hydrogen) atoms. The topological polar surface area (TPSA) is 97.8 Å². The molecule has 0 heterocycles. The van der Waals surface area contributed by atoms with Crippen molar-refractivity contribution in [3.05, 3.63) is 64.7 Å². The molecule has 0 bridgehead atoms. The molecule has 1 fully saturated rings. The van der Waals surface area contributed by atoms with Gasteiger partial charge in [-0.3, -0.25) is 4.79 Å². The van der Waals surface area contributed by atoms with Gasteiger partial charge in [0.1, 0.15) is 22.9 Å². The van der Waals surface area contributed by atoms with E-state index in [2.05, 4.69) is 4.74 Å². The summed E-state index contributed by atoms with van der Waals surface area (Å²) >= 11 is 5.78. The van der Waals surface area contributed by atoms with Gasteiger partial charge in [0.2, 0.25) is 0 Å². The molecule has 0 N–H and O–H groups in total. The molecule has 15 heteroatoms. The minimum atomic E-state index is -6.12. The van der Waals surface area contributed by atoms with Gasteiger partial charge >= 0.3 is 21.5 Å². The van der Waals surface area contributed by atoms with Crippen molar-refractivity contribution in [2.45, 2.75) is 34.0 Å². The number of esters is 1. The highest BCUT2D eigenvalue weighted by Crippen LogP contribution is 2.54. The molecule has 0 unspecified atom stereocenters. The number of halogens is 6. The Bertz CT molecular complexity index is 1340. The van der Waals surface area contributed by atoms with E-state index >= 15 is 0 Å². The number of rotatable bonds is 7. The van der Waals surface area contributed by atoms with Gasteiger partial charge in [0.15, 0.2) is 9.84 Å². The zero-order valence-corrected chi connectivity index (χ0v) is 20.1. The predicted octanol–water partition coefficient (Wildman–Crippen LogP) is 3.77. The molecular weight excluding hydrogens is 545 g/mol. The van der Waals surface area contributed by atoms with E-state index in [4.69, 9.17) is 11.6 Å². The van der Waals surface area contributed by atoms with Gasteiger partial charge in [-0.25, -0.2) is 25.6 Å². The van der Waals surface area contributed by atoms with Gasteiger partial charge in [-0.2, -0.15) is 17.5 Å². The zero-order chi connectivity index (χ0) is 26.4. The summed E-state index contributed by atoms with van der Waals surface area (Å²) in [5, 5.41) is 0.155. The van der Waals surface area contributed by atoms with Crippen molar-refractivity contribution in [1.29, 1.82) is 0 Å². The molecule has 1 aliphatic rings. The Labute approximate surface area is 202 Å². The number of alkyl halides is 3. The van der Waals surface area contributed by atoms with E-state index in [1.54, 1.807) is 0 Å². The number of carbonyl (C=O) groups is 1. The number of nitrogens with zero attached hydrogens (tertiary/aromatic N) is 1. The second-order valence-corrected chi connectivity index (χ2v) is 12.3. The Morgan fingerprint density at radius 2 is 1.66 bits per heavy atom. The van der Waals surface area contributed by atoms with Crippen molar-refractivity contribution in [1.82, 2.24) is 4.31 Å².